The molecule has 0 aliphatic carbocycles. The molecule has 1 heterocycles. The lowest BCUT2D eigenvalue weighted by Gasteiger charge is -2.38. The molecule has 1 aromatic heterocycles. The van der Waals surface area contributed by atoms with E-state index in [1.54, 1.807) is 4.74 Å². The first-order chi connectivity index (χ1) is 23.4. The second-order valence-electron chi connectivity index (χ2n) is 10.9. The summed E-state index contributed by atoms with van der Waals surface area (Å²) in [5, 5.41) is 0. The van der Waals surface area contributed by atoms with Crippen molar-refractivity contribution in [1.82, 2.24) is 9.97 Å². The van der Waals surface area contributed by atoms with Crippen molar-refractivity contribution in [2.45, 2.75) is 106 Å². The van der Waals surface area contributed by atoms with Crippen molar-refractivity contribution >= 4 is 0 Å². The van der Waals surface area contributed by atoms with E-state index in [4.69, 9.17) is 0 Å². The molecule has 298 valence electrons. The fourth-order valence-corrected chi connectivity index (χ4v) is 3.85. The molecule has 0 atom stereocenters. The number of rotatable bonds is 20. The minimum atomic E-state index is -8.20. The van der Waals surface area contributed by atoms with Gasteiger partial charge in [-0.2, -0.15) is 83.4 Å². The van der Waals surface area contributed by atoms with Crippen molar-refractivity contribution in [3.05, 3.63) is 42.2 Å². The predicted octanol–water partition coefficient (Wildman–Crippen LogP) is 10.9. The minimum absolute atomic E-state index is 0.0733. The Hall–Kier alpha value is -3.31. The topological polar surface area (TPSA) is 53.5 Å². The van der Waals surface area contributed by atoms with Crippen LogP contribution in [0.5, 0.6) is 5.75 Å². The number of hydrogen-bond acceptors (Lipinski definition) is 5. The molecule has 0 amide bonds. The zero-order chi connectivity index (χ0) is 40.2. The number of benzene rings is 1. The van der Waals surface area contributed by atoms with Crippen molar-refractivity contribution in [3.8, 4) is 17.1 Å². The van der Waals surface area contributed by atoms with E-state index in [0.717, 1.165) is 68.4 Å². The van der Waals surface area contributed by atoms with Crippen molar-refractivity contribution in [2.24, 2.45) is 0 Å². The SMILES string of the molecule is CCCCCCCCc1cnc(-c2ccc(OCC(F)(F)C(F)(F)C(F)(F)OC(F)(F)C(F)(F)OC(F)(F)C(F)(F)C(F)(F)C(F)(F)F)cc2)nc1. The van der Waals surface area contributed by atoms with E-state index in [9.17, 15) is 83.4 Å². The normalized spacial score (nSPS) is 14.5. The lowest BCUT2D eigenvalue weighted by molar-refractivity contribution is -0.555. The van der Waals surface area contributed by atoms with Crippen LogP contribution >= 0.6 is 0 Å². The van der Waals surface area contributed by atoms with E-state index in [2.05, 4.69) is 21.6 Å². The molecule has 2 rings (SSSR count). The zero-order valence-electron chi connectivity index (χ0n) is 25.9. The number of aryl methyl sites for hydroxylation is 1. The van der Waals surface area contributed by atoms with Crippen molar-refractivity contribution in [1.29, 1.82) is 0 Å². The highest BCUT2D eigenvalue weighted by molar-refractivity contribution is 5.55. The van der Waals surface area contributed by atoms with Gasteiger partial charge in [0.25, 0.3) is 0 Å². The Balaban J connectivity index is 2.12. The molecular formula is C28H25F19N2O3. The molecular weight excluding hydrogens is 773 g/mol. The van der Waals surface area contributed by atoms with Gasteiger partial charge < -0.3 is 4.74 Å². The molecule has 0 spiro atoms. The maximum atomic E-state index is 14.1. The quantitative estimate of drug-likeness (QED) is 0.0987. The second-order valence-corrected chi connectivity index (χ2v) is 10.9. The second kappa shape index (κ2) is 15.6. The fraction of sp³-hybridized carbons (Fsp3) is 0.643. The van der Waals surface area contributed by atoms with E-state index in [0.29, 0.717) is 6.42 Å². The maximum Gasteiger partial charge on any atom is 0.460 e. The Morgan fingerprint density at radius 3 is 1.42 bits per heavy atom. The van der Waals surface area contributed by atoms with E-state index in [1.165, 1.54) is 17.1 Å². The van der Waals surface area contributed by atoms with E-state index >= 15 is 0 Å². The Morgan fingerprint density at radius 2 is 0.962 bits per heavy atom. The van der Waals surface area contributed by atoms with Crippen molar-refractivity contribution in [2.75, 3.05) is 6.61 Å². The highest BCUT2D eigenvalue weighted by Gasteiger charge is 2.86. The Morgan fingerprint density at radius 1 is 0.519 bits per heavy atom. The molecule has 52 heavy (non-hydrogen) atoms. The molecule has 2 aromatic rings. The standard InChI is InChI=1S/C28H25F19N2O3/c1-2-3-4-5-6-7-8-16-13-48-19(49-14-16)17-9-11-18(12-10-17)50-15-20(29,30)21(31,32)25(40,41)51-27(44,45)28(46,47)52-26(42,43)23(35,36)22(33,34)24(37,38)39/h9-14H,2-8,15H2,1H3. The van der Waals surface area contributed by atoms with Gasteiger partial charge in [0.05, 0.1) is 0 Å². The van der Waals surface area contributed by atoms with Gasteiger partial charge in [-0.1, -0.05) is 39.0 Å². The maximum absolute atomic E-state index is 14.1. The molecule has 0 saturated carbocycles. The summed E-state index contributed by atoms with van der Waals surface area (Å²) in [5.74, 6) is -30.7. The van der Waals surface area contributed by atoms with Crippen LogP contribution in [0, 0.1) is 0 Å². The number of unbranched alkanes of at least 4 members (excludes halogenated alkanes) is 5. The van der Waals surface area contributed by atoms with E-state index < -0.39 is 66.7 Å². The van der Waals surface area contributed by atoms with Gasteiger partial charge in [0.2, 0.25) is 0 Å². The molecule has 0 radical (unpaired) electrons. The van der Waals surface area contributed by atoms with Crippen LogP contribution in [0.25, 0.3) is 11.4 Å². The first-order valence-corrected chi connectivity index (χ1v) is 14.4. The lowest BCUT2D eigenvalue weighted by Crippen LogP contribution is -2.65. The summed E-state index contributed by atoms with van der Waals surface area (Å²) >= 11 is 0. The van der Waals surface area contributed by atoms with Gasteiger partial charge in [-0.15, -0.1) is 0 Å². The third-order valence-electron chi connectivity index (χ3n) is 6.85. The van der Waals surface area contributed by atoms with Crippen molar-refractivity contribution < 1.29 is 97.6 Å². The van der Waals surface area contributed by atoms with Gasteiger partial charge in [-0.3, -0.25) is 0 Å². The molecule has 0 bridgehead atoms. The average molecular weight is 798 g/mol. The summed E-state index contributed by atoms with van der Waals surface area (Å²) in [5.41, 5.74) is 0.966. The van der Waals surface area contributed by atoms with Gasteiger partial charge in [0, 0.05) is 18.0 Å². The molecule has 0 N–H and O–H groups in total. The number of nitrogens with zero attached hydrogens (tertiary/aromatic N) is 2. The van der Waals surface area contributed by atoms with Crippen LogP contribution < -0.4 is 4.74 Å². The van der Waals surface area contributed by atoms with Gasteiger partial charge in [0.1, 0.15) is 5.75 Å². The van der Waals surface area contributed by atoms with Crippen LogP contribution in [0.4, 0.5) is 83.4 Å². The number of hydrogen-bond donors (Lipinski definition) is 0. The summed E-state index contributed by atoms with van der Waals surface area (Å²) in [6, 6.07) is 3.71. The largest absolute Gasteiger partial charge is 0.487 e. The average Bonchev–Trinajstić information content (AvgIpc) is 3.00. The monoisotopic (exact) mass is 798 g/mol. The molecule has 0 unspecified atom stereocenters. The van der Waals surface area contributed by atoms with Gasteiger partial charge >= 0.3 is 54.3 Å². The summed E-state index contributed by atoms with van der Waals surface area (Å²) in [6.07, 6.45) is -29.3. The van der Waals surface area contributed by atoms with Gasteiger partial charge in [-0.25, -0.2) is 19.4 Å². The minimum Gasteiger partial charge on any atom is -0.487 e. The first-order valence-electron chi connectivity index (χ1n) is 14.4. The van der Waals surface area contributed by atoms with Crippen LogP contribution in [0.15, 0.2) is 36.7 Å². The number of ether oxygens (including phenoxy) is 3. The summed E-state index contributed by atoms with van der Waals surface area (Å²) in [4.78, 5) is 8.20. The van der Waals surface area contributed by atoms with Gasteiger partial charge in [-0.05, 0) is 42.7 Å². The zero-order valence-corrected chi connectivity index (χ0v) is 25.9. The summed E-state index contributed by atoms with van der Waals surface area (Å²) < 4.78 is 260. The highest BCUT2D eigenvalue weighted by atomic mass is 19.4. The number of halogens is 19. The smallest absolute Gasteiger partial charge is 0.460 e. The van der Waals surface area contributed by atoms with Crippen LogP contribution in [0.1, 0.15) is 51.0 Å². The molecule has 24 heteroatoms. The molecule has 0 fully saturated rings. The summed E-state index contributed by atoms with van der Waals surface area (Å²) in [7, 11) is 0. The molecule has 5 nitrogen and oxygen atoms in total. The first kappa shape index (κ1) is 44.8. The predicted molar refractivity (Wildman–Crippen MR) is 138 cm³/mol. The van der Waals surface area contributed by atoms with Crippen LogP contribution in [-0.4, -0.2) is 70.9 Å². The molecule has 0 saturated heterocycles. The van der Waals surface area contributed by atoms with Crippen LogP contribution in [0.2, 0.25) is 0 Å². The lowest BCUT2D eigenvalue weighted by atomic mass is 10.1. The Labute approximate surface area is 280 Å². The van der Waals surface area contributed by atoms with Crippen molar-refractivity contribution in [3.63, 3.8) is 0 Å². The van der Waals surface area contributed by atoms with Crippen LogP contribution in [-0.2, 0) is 15.9 Å². The molecule has 0 aliphatic rings. The molecule has 0 aliphatic heterocycles. The fourth-order valence-electron chi connectivity index (χ4n) is 3.85. The highest BCUT2D eigenvalue weighted by Crippen LogP contribution is 2.57. The van der Waals surface area contributed by atoms with Gasteiger partial charge in [0.15, 0.2) is 12.4 Å². The summed E-state index contributed by atoms with van der Waals surface area (Å²) in [6.45, 7) is -0.792. The third-order valence-corrected chi connectivity index (χ3v) is 6.85. The number of aromatic nitrogens is 2. The Kier molecular flexibility index (Phi) is 13.4. The van der Waals surface area contributed by atoms with E-state index in [-0.39, 0.29) is 11.4 Å². The number of alkyl halides is 19. The van der Waals surface area contributed by atoms with E-state index in [1.807, 2.05) is 0 Å². The molecule has 1 aromatic carbocycles. The third kappa shape index (κ3) is 9.61. The van der Waals surface area contributed by atoms with Crippen LogP contribution in [0.3, 0.4) is 0 Å². The Bertz CT molecular complexity index is 1430.